The number of carbonyl (C=O) groups is 2. The molecule has 0 aromatic heterocycles. The zero-order valence-electron chi connectivity index (χ0n) is 11.7. The van der Waals surface area contributed by atoms with Crippen LogP contribution in [0.5, 0.6) is 5.75 Å². The molecule has 1 atom stereocenters. The number of para-hydroxylation sites is 1. The number of hydrogen-bond acceptors (Lipinski definition) is 4. The summed E-state index contributed by atoms with van der Waals surface area (Å²) >= 11 is 0. The lowest BCUT2D eigenvalue weighted by Gasteiger charge is -2.22. The molecule has 0 radical (unpaired) electrons. The van der Waals surface area contributed by atoms with Crippen molar-refractivity contribution in [3.05, 3.63) is 29.8 Å². The molecule has 0 fully saturated rings. The van der Waals surface area contributed by atoms with Gasteiger partial charge in [-0.25, -0.2) is 9.59 Å². The third-order valence-corrected chi connectivity index (χ3v) is 2.40. The normalized spacial score (nSPS) is 12.6. The summed E-state index contributed by atoms with van der Waals surface area (Å²) in [6, 6.07) is 5.21. The number of benzene rings is 1. The molecule has 0 saturated heterocycles. The molecule has 0 saturated carbocycles. The Bertz CT molecular complexity index is 493. The Hall–Kier alpha value is -2.24. The minimum absolute atomic E-state index is 0.00950. The Labute approximate surface area is 117 Å². The molecule has 0 unspecified atom stereocenters. The second-order valence-corrected chi connectivity index (χ2v) is 5.37. The zero-order valence-corrected chi connectivity index (χ0v) is 11.7. The second-order valence-electron chi connectivity index (χ2n) is 5.37. The van der Waals surface area contributed by atoms with Crippen molar-refractivity contribution < 1.29 is 24.5 Å². The number of phenolic OH excluding ortho intramolecular Hbond substituents is 1. The molecule has 0 aliphatic rings. The summed E-state index contributed by atoms with van der Waals surface area (Å²) in [6.07, 6.45) is -0.832. The average molecular weight is 281 g/mol. The molecule has 0 bridgehead atoms. The zero-order chi connectivity index (χ0) is 15.3. The van der Waals surface area contributed by atoms with Gasteiger partial charge < -0.3 is 20.3 Å². The smallest absolute Gasteiger partial charge is 0.408 e. The van der Waals surface area contributed by atoms with Crippen LogP contribution in [-0.2, 0) is 16.0 Å². The van der Waals surface area contributed by atoms with Gasteiger partial charge >= 0.3 is 12.1 Å². The first-order chi connectivity index (χ1) is 9.19. The third kappa shape index (κ3) is 5.17. The number of aliphatic carboxylic acids is 1. The highest BCUT2D eigenvalue weighted by Crippen LogP contribution is 2.17. The molecule has 1 rings (SSSR count). The monoisotopic (exact) mass is 281 g/mol. The number of nitrogens with one attached hydrogen (secondary N) is 1. The third-order valence-electron chi connectivity index (χ3n) is 2.40. The molecule has 6 nitrogen and oxygen atoms in total. The Kier molecular flexibility index (Phi) is 4.96. The van der Waals surface area contributed by atoms with Crippen LogP contribution in [-0.4, -0.2) is 33.9 Å². The van der Waals surface area contributed by atoms with Crippen LogP contribution < -0.4 is 5.32 Å². The van der Waals surface area contributed by atoms with E-state index >= 15 is 0 Å². The van der Waals surface area contributed by atoms with Crippen molar-refractivity contribution in [2.24, 2.45) is 0 Å². The van der Waals surface area contributed by atoms with E-state index in [2.05, 4.69) is 5.32 Å². The van der Waals surface area contributed by atoms with Crippen LogP contribution in [0, 0.1) is 0 Å². The fraction of sp³-hybridized carbons (Fsp3) is 0.429. The summed E-state index contributed by atoms with van der Waals surface area (Å²) in [4.78, 5) is 22.8. The molecule has 0 spiro atoms. The molecule has 6 heteroatoms. The molecule has 110 valence electrons. The number of ether oxygens (including phenoxy) is 1. The van der Waals surface area contributed by atoms with Gasteiger partial charge in [0.05, 0.1) is 0 Å². The van der Waals surface area contributed by atoms with Gasteiger partial charge in [0.1, 0.15) is 17.4 Å². The minimum atomic E-state index is -1.20. The Morgan fingerprint density at radius 2 is 1.90 bits per heavy atom. The van der Waals surface area contributed by atoms with Gasteiger partial charge in [0, 0.05) is 6.42 Å². The summed E-state index contributed by atoms with van der Waals surface area (Å²) in [7, 11) is 0. The van der Waals surface area contributed by atoms with E-state index in [4.69, 9.17) is 9.84 Å². The molecule has 0 heterocycles. The SMILES string of the molecule is CC(C)(C)OC(=O)N[C@H](Cc1ccccc1O)C(=O)O. The van der Waals surface area contributed by atoms with E-state index < -0.39 is 23.7 Å². The highest BCUT2D eigenvalue weighted by molar-refractivity contribution is 5.80. The average Bonchev–Trinajstić information content (AvgIpc) is 2.28. The van der Waals surface area contributed by atoms with Crippen LogP contribution in [0.4, 0.5) is 4.79 Å². The Morgan fingerprint density at radius 3 is 2.40 bits per heavy atom. The number of carbonyl (C=O) groups excluding carboxylic acids is 1. The van der Waals surface area contributed by atoms with Gasteiger partial charge in [-0.15, -0.1) is 0 Å². The van der Waals surface area contributed by atoms with E-state index in [1.807, 2.05) is 0 Å². The van der Waals surface area contributed by atoms with Crippen LogP contribution in [0.2, 0.25) is 0 Å². The van der Waals surface area contributed by atoms with Gasteiger partial charge in [-0.05, 0) is 32.4 Å². The van der Waals surface area contributed by atoms with E-state index in [1.54, 1.807) is 39.0 Å². The largest absolute Gasteiger partial charge is 0.508 e. The molecule has 0 aliphatic heterocycles. The number of rotatable bonds is 4. The van der Waals surface area contributed by atoms with E-state index in [1.165, 1.54) is 6.07 Å². The van der Waals surface area contributed by atoms with Crippen molar-refractivity contribution in [1.29, 1.82) is 0 Å². The van der Waals surface area contributed by atoms with Gasteiger partial charge in [-0.2, -0.15) is 0 Å². The van der Waals surface area contributed by atoms with E-state index in [0.717, 1.165) is 0 Å². The number of carboxylic acid groups (broad SMARTS) is 1. The maximum Gasteiger partial charge on any atom is 0.408 e. The standard InChI is InChI=1S/C14H19NO5/c1-14(2,3)20-13(19)15-10(12(17)18)8-9-6-4-5-7-11(9)16/h4-7,10,16H,8H2,1-3H3,(H,15,19)(H,17,18)/t10-/m1/s1. The van der Waals surface area contributed by atoms with Gasteiger partial charge in [0.25, 0.3) is 0 Å². The number of amides is 1. The van der Waals surface area contributed by atoms with E-state index in [-0.39, 0.29) is 12.2 Å². The molecule has 3 N–H and O–H groups in total. The maximum atomic E-state index is 11.6. The van der Waals surface area contributed by atoms with Crippen molar-refractivity contribution >= 4 is 12.1 Å². The number of aromatic hydroxyl groups is 1. The van der Waals surface area contributed by atoms with Gasteiger partial charge in [0.2, 0.25) is 0 Å². The van der Waals surface area contributed by atoms with Crippen LogP contribution >= 0.6 is 0 Å². The summed E-state index contributed by atoms with van der Waals surface area (Å²) in [5.74, 6) is -1.20. The quantitative estimate of drug-likeness (QED) is 0.783. The number of hydrogen-bond donors (Lipinski definition) is 3. The minimum Gasteiger partial charge on any atom is -0.508 e. The lowest BCUT2D eigenvalue weighted by Crippen LogP contribution is -2.44. The van der Waals surface area contributed by atoms with Crippen LogP contribution in [0.15, 0.2) is 24.3 Å². The fourth-order valence-corrected chi connectivity index (χ4v) is 1.55. The summed E-state index contributed by atoms with van der Waals surface area (Å²) < 4.78 is 5.01. The fourth-order valence-electron chi connectivity index (χ4n) is 1.55. The van der Waals surface area contributed by atoms with Gasteiger partial charge in [0.15, 0.2) is 0 Å². The van der Waals surface area contributed by atoms with Crippen molar-refractivity contribution in [2.75, 3.05) is 0 Å². The molecule has 0 aliphatic carbocycles. The number of carboxylic acids is 1. The molecule has 1 amide bonds. The highest BCUT2D eigenvalue weighted by atomic mass is 16.6. The van der Waals surface area contributed by atoms with Gasteiger partial charge in [-0.3, -0.25) is 0 Å². The first-order valence-electron chi connectivity index (χ1n) is 6.18. The van der Waals surface area contributed by atoms with Crippen molar-refractivity contribution in [1.82, 2.24) is 5.32 Å². The van der Waals surface area contributed by atoms with E-state index in [0.29, 0.717) is 5.56 Å². The Balaban J connectivity index is 2.74. The van der Waals surface area contributed by atoms with Crippen molar-refractivity contribution in [3.63, 3.8) is 0 Å². The maximum absolute atomic E-state index is 11.6. The highest BCUT2D eigenvalue weighted by Gasteiger charge is 2.24. The van der Waals surface area contributed by atoms with E-state index in [9.17, 15) is 14.7 Å². The van der Waals surface area contributed by atoms with Crippen molar-refractivity contribution in [2.45, 2.75) is 38.8 Å². The van der Waals surface area contributed by atoms with Gasteiger partial charge in [-0.1, -0.05) is 18.2 Å². The molecule has 1 aromatic carbocycles. The molecular weight excluding hydrogens is 262 g/mol. The number of phenols is 1. The Morgan fingerprint density at radius 1 is 1.30 bits per heavy atom. The molecule has 20 heavy (non-hydrogen) atoms. The molecular formula is C14H19NO5. The molecule has 1 aromatic rings. The summed E-state index contributed by atoms with van der Waals surface area (Å²) in [5, 5.41) is 21.0. The topological polar surface area (TPSA) is 95.9 Å². The van der Waals surface area contributed by atoms with Crippen LogP contribution in [0.25, 0.3) is 0 Å². The van der Waals surface area contributed by atoms with Crippen LogP contribution in [0.1, 0.15) is 26.3 Å². The predicted molar refractivity (Wildman–Crippen MR) is 72.6 cm³/mol. The lowest BCUT2D eigenvalue weighted by molar-refractivity contribution is -0.139. The van der Waals surface area contributed by atoms with Crippen molar-refractivity contribution in [3.8, 4) is 5.75 Å². The summed E-state index contributed by atoms with van der Waals surface area (Å²) in [6.45, 7) is 5.06. The second kappa shape index (κ2) is 6.27. The lowest BCUT2D eigenvalue weighted by atomic mass is 10.1. The first-order valence-corrected chi connectivity index (χ1v) is 6.18. The van der Waals surface area contributed by atoms with Crippen LogP contribution in [0.3, 0.4) is 0 Å². The number of alkyl carbamates (subject to hydrolysis) is 1. The first kappa shape index (κ1) is 15.8. The predicted octanol–water partition coefficient (Wildman–Crippen LogP) is 1.91. The summed E-state index contributed by atoms with van der Waals surface area (Å²) in [5.41, 5.74) is -0.266.